The lowest BCUT2D eigenvalue weighted by Crippen LogP contribution is -2.17. The van der Waals surface area contributed by atoms with Gasteiger partial charge in [0.1, 0.15) is 16.8 Å². The quantitative estimate of drug-likeness (QED) is 0.743. The van der Waals surface area contributed by atoms with Crippen molar-refractivity contribution >= 4 is 21.8 Å². The van der Waals surface area contributed by atoms with Gasteiger partial charge in [-0.25, -0.2) is 18.2 Å². The number of aromatic nitrogens is 3. The zero-order chi connectivity index (χ0) is 15.6. The van der Waals surface area contributed by atoms with Gasteiger partial charge in [-0.2, -0.15) is 10.4 Å². The van der Waals surface area contributed by atoms with E-state index < -0.39 is 26.6 Å². The Morgan fingerprint density at radius 3 is 2.71 bits per heavy atom. The Morgan fingerprint density at radius 1 is 1.48 bits per heavy atom. The van der Waals surface area contributed by atoms with Crippen LogP contribution in [-0.2, 0) is 10.0 Å². The molecule has 2 aromatic rings. The lowest BCUT2D eigenvalue weighted by atomic mass is 10.3. The minimum Gasteiger partial charge on any atom is -0.476 e. The summed E-state index contributed by atoms with van der Waals surface area (Å²) in [5.74, 6) is -1.50. The first kappa shape index (κ1) is 14.5. The highest BCUT2D eigenvalue weighted by atomic mass is 32.2. The Morgan fingerprint density at radius 2 is 2.19 bits per heavy atom. The Hall–Kier alpha value is -2.93. The second-order valence-electron chi connectivity index (χ2n) is 3.98. The topological polar surface area (TPSA) is 149 Å². The van der Waals surface area contributed by atoms with Gasteiger partial charge in [0, 0.05) is 6.20 Å². The number of carbonyl (C=O) groups is 1. The molecule has 21 heavy (non-hydrogen) atoms. The number of nitriles is 1. The smallest absolute Gasteiger partial charge is 0.357 e. The molecule has 0 aliphatic heterocycles. The number of hydrogen-bond acceptors (Lipinski definition) is 6. The van der Waals surface area contributed by atoms with Crippen molar-refractivity contribution in [2.75, 3.05) is 4.72 Å². The van der Waals surface area contributed by atoms with Gasteiger partial charge in [-0.05, 0) is 19.1 Å². The number of aromatic carboxylic acids is 1. The summed E-state index contributed by atoms with van der Waals surface area (Å²) in [5, 5.41) is 23.3. The molecule has 2 aromatic heterocycles. The van der Waals surface area contributed by atoms with Crippen molar-refractivity contribution in [2.24, 2.45) is 0 Å². The molecule has 108 valence electrons. The number of hydrogen-bond donors (Lipinski definition) is 3. The van der Waals surface area contributed by atoms with Gasteiger partial charge in [-0.15, -0.1) is 0 Å². The van der Waals surface area contributed by atoms with E-state index in [2.05, 4.69) is 19.9 Å². The lowest BCUT2D eigenvalue weighted by Gasteiger charge is -2.07. The molecular formula is C11H9N5O4S. The Balaban J connectivity index is 2.41. The number of nitrogens with one attached hydrogen (secondary N) is 2. The van der Waals surface area contributed by atoms with E-state index in [1.807, 2.05) is 6.07 Å². The van der Waals surface area contributed by atoms with Crippen molar-refractivity contribution < 1.29 is 18.3 Å². The fraction of sp³-hybridized carbons (Fsp3) is 0.0909. The molecule has 0 amide bonds. The third-order valence-electron chi connectivity index (χ3n) is 2.49. The predicted molar refractivity (Wildman–Crippen MR) is 70.0 cm³/mol. The number of rotatable bonds is 4. The molecule has 0 spiro atoms. The summed E-state index contributed by atoms with van der Waals surface area (Å²) in [4.78, 5) is 14.3. The first-order chi connectivity index (χ1) is 9.85. The molecule has 0 fully saturated rings. The molecule has 0 saturated heterocycles. The molecule has 0 aliphatic carbocycles. The van der Waals surface area contributed by atoms with Crippen molar-refractivity contribution in [3.05, 3.63) is 35.3 Å². The first-order valence-corrected chi connectivity index (χ1v) is 7.00. The molecule has 10 heteroatoms. The Bertz CT molecular complexity index is 832. The van der Waals surface area contributed by atoms with E-state index in [4.69, 9.17) is 10.4 Å². The third kappa shape index (κ3) is 2.82. The average molecular weight is 307 g/mol. The maximum atomic E-state index is 12.2. The van der Waals surface area contributed by atoms with Crippen molar-refractivity contribution in [1.82, 2.24) is 15.2 Å². The summed E-state index contributed by atoms with van der Waals surface area (Å²) in [7, 11) is -4.17. The van der Waals surface area contributed by atoms with E-state index in [9.17, 15) is 13.2 Å². The normalized spacial score (nSPS) is 10.9. The zero-order valence-electron chi connectivity index (χ0n) is 10.7. The lowest BCUT2D eigenvalue weighted by molar-refractivity contribution is 0.0686. The average Bonchev–Trinajstić information content (AvgIpc) is 2.82. The van der Waals surface area contributed by atoms with Gasteiger partial charge < -0.3 is 5.11 Å². The number of sulfonamides is 1. The monoisotopic (exact) mass is 307 g/mol. The molecule has 0 aromatic carbocycles. The Kier molecular flexibility index (Phi) is 3.60. The SMILES string of the molecule is Cc1[nH]nc(C(=O)O)c1S(=O)(=O)Nc1ccc(C#N)cn1. The molecule has 2 rings (SSSR count). The number of pyridine rings is 1. The number of aromatic amines is 1. The van der Waals surface area contributed by atoms with Crippen molar-refractivity contribution in [3.8, 4) is 6.07 Å². The van der Waals surface area contributed by atoms with Crippen LogP contribution < -0.4 is 4.72 Å². The molecule has 0 bridgehead atoms. The Labute approximate surface area is 119 Å². The maximum Gasteiger partial charge on any atom is 0.357 e. The van der Waals surface area contributed by atoms with Gasteiger partial charge in [-0.1, -0.05) is 0 Å². The number of nitrogens with zero attached hydrogens (tertiary/aromatic N) is 3. The summed E-state index contributed by atoms with van der Waals surface area (Å²) in [6, 6.07) is 4.52. The standard InChI is InChI=1S/C11H9N5O4S/c1-6-10(9(11(17)18)15-14-6)21(19,20)16-8-3-2-7(4-12)5-13-8/h2-3,5H,1H3,(H,13,16)(H,14,15)(H,17,18). The van der Waals surface area contributed by atoms with E-state index in [0.29, 0.717) is 0 Å². The number of carboxylic acids is 1. The van der Waals surface area contributed by atoms with Gasteiger partial charge in [0.2, 0.25) is 0 Å². The van der Waals surface area contributed by atoms with Gasteiger partial charge in [0.05, 0.1) is 11.3 Å². The second-order valence-corrected chi connectivity index (χ2v) is 5.60. The highest BCUT2D eigenvalue weighted by Gasteiger charge is 2.28. The van der Waals surface area contributed by atoms with E-state index in [1.54, 1.807) is 0 Å². The highest BCUT2D eigenvalue weighted by Crippen LogP contribution is 2.20. The zero-order valence-corrected chi connectivity index (χ0v) is 11.5. The van der Waals surface area contributed by atoms with Crippen molar-refractivity contribution in [3.63, 3.8) is 0 Å². The molecule has 3 N–H and O–H groups in total. The van der Waals surface area contributed by atoms with Crippen LogP contribution in [0.15, 0.2) is 23.2 Å². The number of H-pyrrole nitrogens is 1. The van der Waals surface area contributed by atoms with Crippen LogP contribution in [0.5, 0.6) is 0 Å². The van der Waals surface area contributed by atoms with Crippen LogP contribution in [0.4, 0.5) is 5.82 Å². The van der Waals surface area contributed by atoms with Crippen LogP contribution in [0.1, 0.15) is 21.7 Å². The summed E-state index contributed by atoms with van der Waals surface area (Å²) in [6.07, 6.45) is 1.19. The highest BCUT2D eigenvalue weighted by molar-refractivity contribution is 7.92. The number of anilines is 1. The third-order valence-corrected chi connectivity index (χ3v) is 4.01. The maximum absolute atomic E-state index is 12.2. The minimum atomic E-state index is -4.17. The minimum absolute atomic E-state index is 0.0362. The van der Waals surface area contributed by atoms with E-state index >= 15 is 0 Å². The van der Waals surface area contributed by atoms with E-state index in [0.717, 1.165) is 0 Å². The number of carboxylic acid groups (broad SMARTS) is 1. The fourth-order valence-electron chi connectivity index (χ4n) is 1.60. The van der Waals surface area contributed by atoms with Crippen molar-refractivity contribution in [2.45, 2.75) is 11.8 Å². The summed E-state index contributed by atoms with van der Waals surface area (Å²) >= 11 is 0. The summed E-state index contributed by atoms with van der Waals surface area (Å²) in [5.41, 5.74) is -0.245. The molecule has 0 aliphatic rings. The summed E-state index contributed by atoms with van der Waals surface area (Å²) in [6.45, 7) is 1.39. The second kappa shape index (κ2) is 5.22. The molecule has 2 heterocycles. The van der Waals surface area contributed by atoms with E-state index in [-0.39, 0.29) is 17.1 Å². The first-order valence-electron chi connectivity index (χ1n) is 5.52. The molecule has 9 nitrogen and oxygen atoms in total. The van der Waals surface area contributed by atoms with Crippen LogP contribution in [0.2, 0.25) is 0 Å². The van der Waals surface area contributed by atoms with Crippen LogP contribution in [0, 0.1) is 18.3 Å². The van der Waals surface area contributed by atoms with Gasteiger partial charge >= 0.3 is 5.97 Å². The van der Waals surface area contributed by atoms with Crippen LogP contribution in [-0.4, -0.2) is 34.7 Å². The van der Waals surface area contributed by atoms with Gasteiger partial charge in [0.25, 0.3) is 10.0 Å². The van der Waals surface area contributed by atoms with E-state index in [1.165, 1.54) is 25.3 Å². The molecule has 0 unspecified atom stereocenters. The van der Waals surface area contributed by atoms with Gasteiger partial charge in [0.15, 0.2) is 5.69 Å². The fourth-order valence-corrected chi connectivity index (χ4v) is 2.94. The van der Waals surface area contributed by atoms with Crippen LogP contribution in [0.3, 0.4) is 0 Å². The molecular weight excluding hydrogens is 298 g/mol. The molecule has 0 radical (unpaired) electrons. The predicted octanol–water partition coefficient (Wildman–Crippen LogP) is 0.484. The molecule has 0 atom stereocenters. The summed E-state index contributed by atoms with van der Waals surface area (Å²) < 4.78 is 26.6. The number of aryl methyl sites for hydroxylation is 1. The van der Waals surface area contributed by atoms with Crippen LogP contribution >= 0.6 is 0 Å². The van der Waals surface area contributed by atoms with Crippen molar-refractivity contribution in [1.29, 1.82) is 5.26 Å². The largest absolute Gasteiger partial charge is 0.476 e. The van der Waals surface area contributed by atoms with Gasteiger partial charge in [-0.3, -0.25) is 9.82 Å². The molecule has 0 saturated carbocycles. The van der Waals surface area contributed by atoms with Crippen LogP contribution in [0.25, 0.3) is 0 Å².